The van der Waals surface area contributed by atoms with E-state index < -0.39 is 5.41 Å². The molecule has 3 rings (SSSR count). The van der Waals surface area contributed by atoms with Crippen molar-refractivity contribution in [2.45, 2.75) is 19.8 Å². The molecule has 15 heavy (non-hydrogen) atoms. The van der Waals surface area contributed by atoms with Crippen LogP contribution < -0.4 is 0 Å². The van der Waals surface area contributed by atoms with Crippen LogP contribution >= 0.6 is 0 Å². The summed E-state index contributed by atoms with van der Waals surface area (Å²) in [6.45, 7) is 1.90. The fourth-order valence-electron chi connectivity index (χ4n) is 3.28. The van der Waals surface area contributed by atoms with Crippen LogP contribution in [-0.2, 0) is 19.1 Å². The van der Waals surface area contributed by atoms with Crippen LogP contribution in [0.25, 0.3) is 0 Å². The van der Waals surface area contributed by atoms with Crippen molar-refractivity contribution in [2.24, 2.45) is 23.2 Å². The van der Waals surface area contributed by atoms with E-state index >= 15 is 0 Å². The minimum atomic E-state index is -0.474. The van der Waals surface area contributed by atoms with E-state index in [1.54, 1.807) is 0 Å². The quantitative estimate of drug-likeness (QED) is 0.641. The molecule has 4 atom stereocenters. The highest BCUT2D eigenvalue weighted by Gasteiger charge is 2.65. The Hall–Kier alpha value is -1.06. The normalized spacial score (nSPS) is 41.9. The molecule has 0 aliphatic heterocycles. The van der Waals surface area contributed by atoms with Gasteiger partial charge in [-0.2, -0.15) is 0 Å². The van der Waals surface area contributed by atoms with Crippen LogP contribution in [0.4, 0.5) is 0 Å². The number of fused-ring (bicyclic) bond motifs is 1. The zero-order chi connectivity index (χ0) is 11.2. The van der Waals surface area contributed by atoms with Gasteiger partial charge in [0.25, 0.3) is 0 Å². The lowest BCUT2D eigenvalue weighted by molar-refractivity contribution is -0.159. The van der Waals surface area contributed by atoms with Crippen molar-refractivity contribution >= 4 is 11.9 Å². The van der Waals surface area contributed by atoms with Gasteiger partial charge in [-0.25, -0.2) is 0 Å². The first-order chi connectivity index (χ1) is 7.04. The molecule has 3 fully saturated rings. The summed E-state index contributed by atoms with van der Waals surface area (Å²) in [6.07, 6.45) is 1.70. The molecule has 0 N–H and O–H groups in total. The number of carbonyl (C=O) groups excluding carboxylic acids is 2. The number of methoxy groups -OCH3 is 2. The van der Waals surface area contributed by atoms with Crippen LogP contribution in [0, 0.1) is 23.2 Å². The Labute approximate surface area is 88.9 Å². The lowest BCUT2D eigenvalue weighted by Gasteiger charge is -2.36. The topological polar surface area (TPSA) is 52.6 Å². The molecule has 0 aromatic rings. The van der Waals surface area contributed by atoms with Gasteiger partial charge in [-0.3, -0.25) is 9.59 Å². The highest BCUT2D eigenvalue weighted by molar-refractivity contribution is 5.82. The van der Waals surface area contributed by atoms with Crippen LogP contribution in [0.15, 0.2) is 0 Å². The fraction of sp³-hybridized carbons (Fsp3) is 0.818. The van der Waals surface area contributed by atoms with Crippen molar-refractivity contribution in [3.05, 3.63) is 0 Å². The van der Waals surface area contributed by atoms with Crippen molar-refractivity contribution in [3.63, 3.8) is 0 Å². The van der Waals surface area contributed by atoms with Crippen molar-refractivity contribution in [1.82, 2.24) is 0 Å². The second-order valence-corrected chi connectivity index (χ2v) is 4.76. The number of ether oxygens (including phenoxy) is 2. The van der Waals surface area contributed by atoms with Crippen LogP contribution in [0.3, 0.4) is 0 Å². The highest BCUT2D eigenvalue weighted by atomic mass is 16.5. The first-order valence-corrected chi connectivity index (χ1v) is 5.21. The second kappa shape index (κ2) is 3.22. The summed E-state index contributed by atoms with van der Waals surface area (Å²) in [6, 6.07) is 0. The predicted octanol–water partition coefficient (Wildman–Crippen LogP) is 0.995. The Bertz CT molecular complexity index is 312. The molecule has 4 nitrogen and oxygen atoms in total. The highest BCUT2D eigenvalue weighted by Crippen LogP contribution is 2.64. The molecular formula is C11H16O4. The van der Waals surface area contributed by atoms with Gasteiger partial charge >= 0.3 is 11.9 Å². The Kier molecular flexibility index (Phi) is 2.24. The number of rotatable bonds is 2. The van der Waals surface area contributed by atoms with Crippen LogP contribution in [0.2, 0.25) is 0 Å². The number of carbonyl (C=O) groups is 2. The summed E-state index contributed by atoms with van der Waals surface area (Å²) in [5, 5.41) is 0. The van der Waals surface area contributed by atoms with Gasteiger partial charge in [0, 0.05) is 0 Å². The molecule has 0 aromatic carbocycles. The Morgan fingerprint density at radius 1 is 1.27 bits per heavy atom. The minimum absolute atomic E-state index is 0.0842. The van der Waals surface area contributed by atoms with Crippen molar-refractivity contribution < 1.29 is 19.1 Å². The van der Waals surface area contributed by atoms with Gasteiger partial charge in [-0.15, -0.1) is 0 Å². The van der Waals surface area contributed by atoms with Crippen LogP contribution in [0.5, 0.6) is 0 Å². The molecule has 3 aliphatic carbocycles. The Balaban J connectivity index is 2.16. The zero-order valence-corrected chi connectivity index (χ0v) is 9.28. The monoisotopic (exact) mass is 212 g/mol. The summed E-state index contributed by atoms with van der Waals surface area (Å²) in [5.41, 5.74) is -0.474. The van der Waals surface area contributed by atoms with Gasteiger partial charge in [0.2, 0.25) is 0 Å². The Morgan fingerprint density at radius 3 is 2.47 bits per heavy atom. The van der Waals surface area contributed by atoms with E-state index in [4.69, 9.17) is 9.47 Å². The molecule has 3 aliphatic rings. The molecular weight excluding hydrogens is 196 g/mol. The first-order valence-electron chi connectivity index (χ1n) is 5.21. The molecule has 0 amide bonds. The molecule has 4 unspecified atom stereocenters. The molecule has 84 valence electrons. The summed E-state index contributed by atoms with van der Waals surface area (Å²) < 4.78 is 9.56. The third-order valence-electron chi connectivity index (χ3n) is 4.13. The SMILES string of the molecule is COC(=O)C1C2CC1C(C)(C(=O)OC)C2. The number of esters is 2. The Morgan fingerprint density at radius 2 is 1.93 bits per heavy atom. The predicted molar refractivity (Wildman–Crippen MR) is 51.8 cm³/mol. The van der Waals surface area contributed by atoms with Crippen molar-refractivity contribution in [2.75, 3.05) is 14.2 Å². The van der Waals surface area contributed by atoms with Crippen LogP contribution in [-0.4, -0.2) is 26.2 Å². The van der Waals surface area contributed by atoms with Crippen molar-refractivity contribution in [1.29, 1.82) is 0 Å². The molecule has 0 aromatic heterocycles. The van der Waals surface area contributed by atoms with E-state index in [2.05, 4.69) is 0 Å². The summed E-state index contributed by atoms with van der Waals surface area (Å²) in [5.74, 6) is -0.0293. The van der Waals surface area contributed by atoms with Crippen LogP contribution in [0.1, 0.15) is 19.8 Å². The van der Waals surface area contributed by atoms with E-state index in [1.165, 1.54) is 14.2 Å². The molecule has 2 bridgehead atoms. The van der Waals surface area contributed by atoms with Gasteiger partial charge in [-0.1, -0.05) is 0 Å². The maximum Gasteiger partial charge on any atom is 0.311 e. The molecule has 0 saturated heterocycles. The standard InChI is InChI=1S/C11H16O4/c1-11(10(13)15-3)5-6-4-7(11)8(6)9(12)14-2/h6-8H,4-5H2,1-3H3. The van der Waals surface area contributed by atoms with Gasteiger partial charge in [-0.05, 0) is 31.6 Å². The summed E-state index contributed by atoms with van der Waals surface area (Å²) >= 11 is 0. The second-order valence-electron chi connectivity index (χ2n) is 4.76. The third kappa shape index (κ3) is 1.20. The molecule has 0 spiro atoms. The molecule has 4 heteroatoms. The number of hydrogen-bond donors (Lipinski definition) is 0. The summed E-state index contributed by atoms with van der Waals surface area (Å²) in [7, 11) is 2.80. The molecule has 0 heterocycles. The van der Waals surface area contributed by atoms with E-state index in [0.29, 0.717) is 5.92 Å². The lowest BCUT2D eigenvalue weighted by Crippen LogP contribution is -2.42. The van der Waals surface area contributed by atoms with Gasteiger partial charge in [0.15, 0.2) is 0 Å². The lowest BCUT2D eigenvalue weighted by atomic mass is 9.67. The van der Waals surface area contributed by atoms with E-state index in [0.717, 1.165) is 12.8 Å². The first kappa shape index (κ1) is 10.5. The van der Waals surface area contributed by atoms with E-state index in [-0.39, 0.29) is 23.8 Å². The fourth-order valence-corrected chi connectivity index (χ4v) is 3.28. The van der Waals surface area contributed by atoms with Gasteiger partial charge < -0.3 is 9.47 Å². The third-order valence-corrected chi connectivity index (χ3v) is 4.13. The van der Waals surface area contributed by atoms with E-state index in [1.807, 2.05) is 6.92 Å². The minimum Gasteiger partial charge on any atom is -0.469 e. The van der Waals surface area contributed by atoms with Gasteiger partial charge in [0.05, 0.1) is 25.6 Å². The average Bonchev–Trinajstić information content (AvgIpc) is 2.69. The largest absolute Gasteiger partial charge is 0.469 e. The zero-order valence-electron chi connectivity index (χ0n) is 9.28. The van der Waals surface area contributed by atoms with Gasteiger partial charge in [0.1, 0.15) is 0 Å². The van der Waals surface area contributed by atoms with Crippen molar-refractivity contribution in [3.8, 4) is 0 Å². The maximum absolute atomic E-state index is 11.7. The summed E-state index contributed by atoms with van der Waals surface area (Å²) in [4.78, 5) is 23.1. The number of hydrogen-bond acceptors (Lipinski definition) is 4. The molecule has 0 radical (unpaired) electrons. The average molecular weight is 212 g/mol. The molecule has 3 saturated carbocycles. The smallest absolute Gasteiger partial charge is 0.311 e. The maximum atomic E-state index is 11.7. The van der Waals surface area contributed by atoms with E-state index in [9.17, 15) is 9.59 Å².